The molecular weight excluding hydrogens is 260 g/mol. The van der Waals surface area contributed by atoms with Gasteiger partial charge in [-0.05, 0) is 26.8 Å². The Labute approximate surface area is 117 Å². The standard InChI is InChI=1S/C13H20N4OS/c1-4-14-9(2)5-6-12-16-11(17-18-12)7-13-15-10(3)8-19-13/h8-9,14H,4-7H2,1-3H3. The molecule has 0 radical (unpaired) electrons. The second-order valence-electron chi connectivity index (χ2n) is 4.66. The fourth-order valence-electron chi connectivity index (χ4n) is 1.87. The van der Waals surface area contributed by atoms with Gasteiger partial charge in [-0.2, -0.15) is 4.98 Å². The van der Waals surface area contributed by atoms with E-state index in [2.05, 4.69) is 34.3 Å². The van der Waals surface area contributed by atoms with Crippen molar-refractivity contribution in [2.75, 3.05) is 6.54 Å². The number of hydrogen-bond donors (Lipinski definition) is 1. The van der Waals surface area contributed by atoms with Crippen LogP contribution in [0.4, 0.5) is 0 Å². The van der Waals surface area contributed by atoms with Crippen LogP contribution in [0.3, 0.4) is 0 Å². The van der Waals surface area contributed by atoms with Gasteiger partial charge in [-0.3, -0.25) is 0 Å². The number of aromatic nitrogens is 3. The Morgan fingerprint density at radius 1 is 1.42 bits per heavy atom. The highest BCUT2D eigenvalue weighted by molar-refractivity contribution is 7.09. The van der Waals surface area contributed by atoms with E-state index in [0.29, 0.717) is 18.4 Å². The fraction of sp³-hybridized carbons (Fsp3) is 0.615. The molecule has 0 saturated heterocycles. The zero-order valence-corrected chi connectivity index (χ0v) is 12.5. The summed E-state index contributed by atoms with van der Waals surface area (Å²) >= 11 is 1.64. The summed E-state index contributed by atoms with van der Waals surface area (Å²) in [6, 6.07) is 0.474. The molecule has 0 amide bonds. The molecule has 0 bridgehead atoms. The number of nitrogens with zero attached hydrogens (tertiary/aromatic N) is 3. The van der Waals surface area contributed by atoms with Crippen molar-refractivity contribution in [3.63, 3.8) is 0 Å². The van der Waals surface area contributed by atoms with Gasteiger partial charge in [0.2, 0.25) is 5.89 Å². The first kappa shape index (κ1) is 14.1. The summed E-state index contributed by atoms with van der Waals surface area (Å²) in [6.45, 7) is 7.25. The summed E-state index contributed by atoms with van der Waals surface area (Å²) in [7, 11) is 0. The Morgan fingerprint density at radius 3 is 2.95 bits per heavy atom. The van der Waals surface area contributed by atoms with Gasteiger partial charge in [-0.15, -0.1) is 11.3 Å². The van der Waals surface area contributed by atoms with Crippen molar-refractivity contribution in [1.82, 2.24) is 20.4 Å². The molecule has 2 aromatic rings. The van der Waals surface area contributed by atoms with Crippen LogP contribution in [0.15, 0.2) is 9.90 Å². The van der Waals surface area contributed by atoms with Gasteiger partial charge in [0.25, 0.3) is 0 Å². The monoisotopic (exact) mass is 280 g/mol. The lowest BCUT2D eigenvalue weighted by Gasteiger charge is -2.09. The summed E-state index contributed by atoms with van der Waals surface area (Å²) in [5.74, 6) is 1.44. The molecule has 0 saturated carbocycles. The summed E-state index contributed by atoms with van der Waals surface area (Å²) in [4.78, 5) is 8.81. The number of aryl methyl sites for hydroxylation is 2. The van der Waals surface area contributed by atoms with Gasteiger partial charge in [0, 0.05) is 23.5 Å². The van der Waals surface area contributed by atoms with Crippen molar-refractivity contribution < 1.29 is 4.52 Å². The molecule has 5 nitrogen and oxygen atoms in total. The maximum Gasteiger partial charge on any atom is 0.226 e. The van der Waals surface area contributed by atoms with E-state index in [4.69, 9.17) is 4.52 Å². The smallest absolute Gasteiger partial charge is 0.226 e. The first-order valence-corrected chi connectivity index (χ1v) is 7.51. The Balaban J connectivity index is 1.85. The maximum atomic E-state index is 5.26. The third kappa shape index (κ3) is 4.40. The average Bonchev–Trinajstić information content (AvgIpc) is 2.97. The third-order valence-corrected chi connectivity index (χ3v) is 3.80. The summed E-state index contributed by atoms with van der Waals surface area (Å²) in [5, 5.41) is 10.4. The van der Waals surface area contributed by atoms with Crippen molar-refractivity contribution in [3.8, 4) is 0 Å². The van der Waals surface area contributed by atoms with Crippen LogP contribution < -0.4 is 5.32 Å². The van der Waals surface area contributed by atoms with E-state index < -0.39 is 0 Å². The van der Waals surface area contributed by atoms with Crippen molar-refractivity contribution in [3.05, 3.63) is 27.8 Å². The molecule has 0 aliphatic rings. The van der Waals surface area contributed by atoms with E-state index >= 15 is 0 Å². The lowest BCUT2D eigenvalue weighted by atomic mass is 10.2. The van der Waals surface area contributed by atoms with Crippen LogP contribution >= 0.6 is 11.3 Å². The van der Waals surface area contributed by atoms with Crippen LogP contribution in [0.25, 0.3) is 0 Å². The van der Waals surface area contributed by atoms with E-state index in [9.17, 15) is 0 Å². The van der Waals surface area contributed by atoms with Crippen LogP contribution in [0, 0.1) is 6.92 Å². The van der Waals surface area contributed by atoms with Crippen LogP contribution in [0.2, 0.25) is 0 Å². The van der Waals surface area contributed by atoms with Gasteiger partial charge < -0.3 is 9.84 Å². The zero-order valence-electron chi connectivity index (χ0n) is 11.6. The molecule has 2 aromatic heterocycles. The molecule has 19 heavy (non-hydrogen) atoms. The number of nitrogens with one attached hydrogen (secondary N) is 1. The number of rotatable bonds is 7. The number of thiazole rings is 1. The van der Waals surface area contributed by atoms with Crippen LogP contribution in [-0.4, -0.2) is 27.7 Å². The van der Waals surface area contributed by atoms with Gasteiger partial charge in [-0.1, -0.05) is 12.1 Å². The molecule has 104 valence electrons. The van der Waals surface area contributed by atoms with E-state index in [1.807, 2.05) is 12.3 Å². The molecule has 1 unspecified atom stereocenters. The topological polar surface area (TPSA) is 63.8 Å². The van der Waals surface area contributed by atoms with E-state index in [1.54, 1.807) is 11.3 Å². The minimum atomic E-state index is 0.474. The molecule has 6 heteroatoms. The molecule has 1 atom stereocenters. The predicted octanol–water partition coefficient (Wildman–Crippen LogP) is 2.36. The predicted molar refractivity (Wildman–Crippen MR) is 75.4 cm³/mol. The first-order valence-electron chi connectivity index (χ1n) is 6.63. The van der Waals surface area contributed by atoms with Crippen LogP contribution in [0.1, 0.15) is 42.7 Å². The van der Waals surface area contributed by atoms with Crippen molar-refractivity contribution in [2.24, 2.45) is 0 Å². The first-order chi connectivity index (χ1) is 9.17. The zero-order chi connectivity index (χ0) is 13.7. The average molecular weight is 280 g/mol. The largest absolute Gasteiger partial charge is 0.339 e. The number of hydrogen-bond acceptors (Lipinski definition) is 6. The summed E-state index contributed by atoms with van der Waals surface area (Å²) in [5.41, 5.74) is 1.04. The highest BCUT2D eigenvalue weighted by Gasteiger charge is 2.10. The van der Waals surface area contributed by atoms with Crippen LogP contribution in [-0.2, 0) is 12.8 Å². The molecule has 0 fully saturated rings. The van der Waals surface area contributed by atoms with Crippen molar-refractivity contribution in [1.29, 1.82) is 0 Å². The van der Waals surface area contributed by atoms with Gasteiger partial charge in [0.15, 0.2) is 5.82 Å². The van der Waals surface area contributed by atoms with Gasteiger partial charge in [0.05, 0.1) is 6.42 Å². The van der Waals surface area contributed by atoms with Crippen LogP contribution in [0.5, 0.6) is 0 Å². The molecule has 0 aliphatic heterocycles. The molecular formula is C13H20N4OS. The summed E-state index contributed by atoms with van der Waals surface area (Å²) in [6.07, 6.45) is 2.48. The fourth-order valence-corrected chi connectivity index (χ4v) is 2.64. The van der Waals surface area contributed by atoms with Gasteiger partial charge in [-0.25, -0.2) is 4.98 Å². The minimum Gasteiger partial charge on any atom is -0.339 e. The quantitative estimate of drug-likeness (QED) is 0.843. The molecule has 2 rings (SSSR count). The third-order valence-electron chi connectivity index (χ3n) is 2.83. The second kappa shape index (κ2) is 6.77. The van der Waals surface area contributed by atoms with Gasteiger partial charge >= 0.3 is 0 Å². The minimum absolute atomic E-state index is 0.474. The van der Waals surface area contributed by atoms with Crippen molar-refractivity contribution in [2.45, 2.75) is 46.1 Å². The van der Waals surface area contributed by atoms with E-state index in [1.165, 1.54) is 0 Å². The van der Waals surface area contributed by atoms with E-state index in [0.717, 1.165) is 35.9 Å². The molecule has 2 heterocycles. The molecule has 0 aromatic carbocycles. The Hall–Kier alpha value is -1.27. The Kier molecular flexibility index (Phi) is 5.04. The molecule has 0 aliphatic carbocycles. The normalized spacial score (nSPS) is 12.8. The highest BCUT2D eigenvalue weighted by Crippen LogP contribution is 2.13. The van der Waals surface area contributed by atoms with Crippen molar-refractivity contribution >= 4 is 11.3 Å². The maximum absolute atomic E-state index is 5.26. The highest BCUT2D eigenvalue weighted by atomic mass is 32.1. The van der Waals surface area contributed by atoms with Gasteiger partial charge in [0.1, 0.15) is 5.01 Å². The lowest BCUT2D eigenvalue weighted by molar-refractivity contribution is 0.363. The lowest BCUT2D eigenvalue weighted by Crippen LogP contribution is -2.25. The Morgan fingerprint density at radius 2 is 2.26 bits per heavy atom. The SMILES string of the molecule is CCNC(C)CCc1nc(Cc2nc(C)cs2)no1. The van der Waals surface area contributed by atoms with E-state index in [-0.39, 0.29) is 0 Å². The molecule has 0 spiro atoms. The second-order valence-corrected chi connectivity index (χ2v) is 5.60. The summed E-state index contributed by atoms with van der Waals surface area (Å²) < 4.78 is 5.26. The Bertz CT molecular complexity index is 508. The molecule has 1 N–H and O–H groups in total.